The molecule has 0 aliphatic heterocycles. The predicted molar refractivity (Wildman–Crippen MR) is 107 cm³/mol. The van der Waals surface area contributed by atoms with Crippen LogP contribution in [0.2, 0.25) is 0 Å². The molecule has 0 amide bonds. The number of nitrogens with zero attached hydrogens (tertiary/aromatic N) is 7. The topological polar surface area (TPSA) is 120 Å². The molecule has 0 aliphatic rings. The van der Waals surface area contributed by atoms with Crippen molar-refractivity contribution in [1.82, 2.24) is 35.2 Å². The summed E-state index contributed by atoms with van der Waals surface area (Å²) >= 11 is 1.44. The number of rotatable bonds is 6. The van der Waals surface area contributed by atoms with Crippen molar-refractivity contribution in [3.05, 3.63) is 66.5 Å². The summed E-state index contributed by atoms with van der Waals surface area (Å²) in [7, 11) is 0. The summed E-state index contributed by atoms with van der Waals surface area (Å²) in [4.78, 5) is 12.9. The van der Waals surface area contributed by atoms with Gasteiger partial charge in [-0.3, -0.25) is 0 Å². The molecule has 0 saturated carbocycles. The van der Waals surface area contributed by atoms with Gasteiger partial charge in [-0.1, -0.05) is 48.2 Å². The number of para-hydroxylation sites is 2. The molecular formula is C18H17N9S. The molecule has 4 aromatic rings. The van der Waals surface area contributed by atoms with Crippen LogP contribution in [0.5, 0.6) is 0 Å². The highest BCUT2D eigenvalue weighted by molar-refractivity contribution is 7.99. The van der Waals surface area contributed by atoms with Crippen LogP contribution >= 0.6 is 11.8 Å². The standard InChI is InChI=1S/C18H17N9S/c1-12(28-18-24-25-26-27(18)14-10-6-3-7-11-14)15-21-16(19)23-17(22-15)20-13-8-4-2-5-9-13/h2-12H,1H3,(H3,19,20,21,22,23). The van der Waals surface area contributed by atoms with Gasteiger partial charge < -0.3 is 11.1 Å². The molecule has 9 nitrogen and oxygen atoms in total. The van der Waals surface area contributed by atoms with Crippen LogP contribution in [0.25, 0.3) is 5.69 Å². The Kier molecular flexibility index (Phi) is 5.11. The molecule has 0 spiro atoms. The number of nitrogen functional groups attached to an aromatic ring is 1. The lowest BCUT2D eigenvalue weighted by Crippen LogP contribution is -2.09. The van der Waals surface area contributed by atoms with E-state index in [-0.39, 0.29) is 11.2 Å². The smallest absolute Gasteiger partial charge is 0.232 e. The molecule has 1 unspecified atom stereocenters. The molecule has 28 heavy (non-hydrogen) atoms. The van der Waals surface area contributed by atoms with Crippen LogP contribution in [0.4, 0.5) is 17.6 Å². The summed E-state index contributed by atoms with van der Waals surface area (Å²) in [6.45, 7) is 1.97. The van der Waals surface area contributed by atoms with E-state index in [1.807, 2.05) is 67.6 Å². The molecule has 2 heterocycles. The van der Waals surface area contributed by atoms with E-state index in [9.17, 15) is 0 Å². The van der Waals surface area contributed by atoms with Gasteiger partial charge in [0.05, 0.1) is 10.9 Å². The van der Waals surface area contributed by atoms with Crippen molar-refractivity contribution in [1.29, 1.82) is 0 Å². The van der Waals surface area contributed by atoms with Gasteiger partial charge in [-0.05, 0) is 41.6 Å². The number of nitrogens with two attached hydrogens (primary N) is 1. The van der Waals surface area contributed by atoms with Crippen LogP contribution in [-0.2, 0) is 0 Å². The largest absolute Gasteiger partial charge is 0.368 e. The highest BCUT2D eigenvalue weighted by atomic mass is 32.2. The first-order valence-electron chi connectivity index (χ1n) is 8.53. The van der Waals surface area contributed by atoms with Crippen molar-refractivity contribution in [3.8, 4) is 5.69 Å². The van der Waals surface area contributed by atoms with E-state index in [0.717, 1.165) is 11.4 Å². The van der Waals surface area contributed by atoms with E-state index in [1.54, 1.807) is 4.68 Å². The lowest BCUT2D eigenvalue weighted by atomic mass is 10.3. The molecule has 0 bridgehead atoms. The van der Waals surface area contributed by atoms with E-state index >= 15 is 0 Å². The van der Waals surface area contributed by atoms with Crippen molar-refractivity contribution in [3.63, 3.8) is 0 Å². The second-order valence-corrected chi connectivity index (χ2v) is 7.14. The molecule has 2 aromatic carbocycles. The minimum absolute atomic E-state index is 0.143. The number of hydrogen-bond donors (Lipinski definition) is 2. The quantitative estimate of drug-likeness (QED) is 0.478. The molecule has 0 fully saturated rings. The van der Waals surface area contributed by atoms with E-state index in [0.29, 0.717) is 16.9 Å². The number of anilines is 3. The molecule has 10 heteroatoms. The van der Waals surface area contributed by atoms with E-state index in [2.05, 4.69) is 35.8 Å². The summed E-state index contributed by atoms with van der Waals surface area (Å²) < 4.78 is 1.68. The number of tetrazole rings is 1. The number of aromatic nitrogens is 7. The summed E-state index contributed by atoms with van der Waals surface area (Å²) in [6, 6.07) is 19.3. The van der Waals surface area contributed by atoms with E-state index in [1.165, 1.54) is 11.8 Å². The Morgan fingerprint density at radius 3 is 2.43 bits per heavy atom. The van der Waals surface area contributed by atoms with Gasteiger partial charge >= 0.3 is 0 Å². The fourth-order valence-electron chi connectivity index (χ4n) is 2.49. The highest BCUT2D eigenvalue weighted by Crippen LogP contribution is 2.33. The molecule has 4 rings (SSSR count). The second kappa shape index (κ2) is 8.01. The van der Waals surface area contributed by atoms with Crippen LogP contribution in [0, 0.1) is 0 Å². The third-order valence-electron chi connectivity index (χ3n) is 3.79. The monoisotopic (exact) mass is 391 g/mol. The second-order valence-electron chi connectivity index (χ2n) is 5.84. The fourth-order valence-corrected chi connectivity index (χ4v) is 3.34. The van der Waals surface area contributed by atoms with Crippen molar-refractivity contribution >= 4 is 29.3 Å². The summed E-state index contributed by atoms with van der Waals surface area (Å²) in [5, 5.41) is 15.6. The highest BCUT2D eigenvalue weighted by Gasteiger charge is 2.18. The van der Waals surface area contributed by atoms with Crippen LogP contribution < -0.4 is 11.1 Å². The van der Waals surface area contributed by atoms with Gasteiger partial charge in [0, 0.05) is 5.69 Å². The van der Waals surface area contributed by atoms with Crippen molar-refractivity contribution in [2.24, 2.45) is 0 Å². The molecule has 0 saturated heterocycles. The summed E-state index contributed by atoms with van der Waals surface area (Å²) in [5.74, 6) is 1.08. The van der Waals surface area contributed by atoms with Crippen molar-refractivity contribution in [2.45, 2.75) is 17.3 Å². The van der Waals surface area contributed by atoms with Gasteiger partial charge in [0.2, 0.25) is 17.1 Å². The third kappa shape index (κ3) is 4.07. The Labute approximate surface area is 165 Å². The van der Waals surface area contributed by atoms with Crippen LogP contribution in [0.1, 0.15) is 18.0 Å². The molecule has 2 aromatic heterocycles. The van der Waals surface area contributed by atoms with Gasteiger partial charge in [0.25, 0.3) is 0 Å². The maximum atomic E-state index is 5.89. The van der Waals surface area contributed by atoms with Crippen LogP contribution in [-0.4, -0.2) is 35.2 Å². The molecule has 3 N–H and O–H groups in total. The molecule has 0 aliphatic carbocycles. The Morgan fingerprint density at radius 2 is 1.68 bits per heavy atom. The zero-order valence-electron chi connectivity index (χ0n) is 15.0. The van der Waals surface area contributed by atoms with Crippen molar-refractivity contribution in [2.75, 3.05) is 11.1 Å². The lowest BCUT2D eigenvalue weighted by Gasteiger charge is -2.12. The zero-order valence-corrected chi connectivity index (χ0v) is 15.8. The Hall–Kier alpha value is -3.53. The average molecular weight is 391 g/mol. The Morgan fingerprint density at radius 1 is 0.964 bits per heavy atom. The number of hydrogen-bond acceptors (Lipinski definition) is 9. The molecule has 1 atom stereocenters. The lowest BCUT2D eigenvalue weighted by molar-refractivity contribution is 0.754. The molecule has 140 valence electrons. The Bertz CT molecular complexity index is 1050. The zero-order chi connectivity index (χ0) is 19.3. The third-order valence-corrected chi connectivity index (χ3v) is 4.82. The number of thioether (sulfide) groups is 1. The summed E-state index contributed by atoms with van der Waals surface area (Å²) in [5.41, 5.74) is 7.63. The minimum atomic E-state index is -0.143. The maximum absolute atomic E-state index is 5.89. The number of nitrogens with one attached hydrogen (secondary N) is 1. The maximum Gasteiger partial charge on any atom is 0.232 e. The Balaban J connectivity index is 1.56. The fraction of sp³-hybridized carbons (Fsp3) is 0.111. The first-order chi connectivity index (χ1) is 13.7. The van der Waals surface area contributed by atoms with Crippen LogP contribution in [0.3, 0.4) is 0 Å². The predicted octanol–water partition coefficient (Wildman–Crippen LogP) is 3.03. The van der Waals surface area contributed by atoms with Gasteiger partial charge in [-0.2, -0.15) is 19.6 Å². The first kappa shape index (κ1) is 17.9. The van der Waals surface area contributed by atoms with Crippen LogP contribution in [0.15, 0.2) is 65.8 Å². The summed E-state index contributed by atoms with van der Waals surface area (Å²) in [6.07, 6.45) is 0. The van der Waals surface area contributed by atoms with E-state index < -0.39 is 0 Å². The van der Waals surface area contributed by atoms with Gasteiger partial charge in [-0.15, -0.1) is 5.10 Å². The molecule has 0 radical (unpaired) electrons. The SMILES string of the molecule is CC(Sc1nnnn1-c1ccccc1)c1nc(N)nc(Nc2ccccc2)n1. The normalized spacial score (nSPS) is 11.9. The number of benzene rings is 2. The van der Waals surface area contributed by atoms with E-state index in [4.69, 9.17) is 5.73 Å². The molecular weight excluding hydrogens is 374 g/mol. The van der Waals surface area contributed by atoms with Gasteiger partial charge in [0.1, 0.15) is 5.82 Å². The van der Waals surface area contributed by atoms with Crippen molar-refractivity contribution < 1.29 is 0 Å². The van der Waals surface area contributed by atoms with Gasteiger partial charge in [-0.25, -0.2) is 0 Å². The van der Waals surface area contributed by atoms with Gasteiger partial charge in [0.15, 0.2) is 0 Å². The first-order valence-corrected chi connectivity index (χ1v) is 9.41. The minimum Gasteiger partial charge on any atom is -0.368 e. The average Bonchev–Trinajstić information content (AvgIpc) is 3.17.